The predicted molar refractivity (Wildman–Crippen MR) is 103 cm³/mol. The SMILES string of the molecule is COc1cc(C(F)(F)F)cc(N2[C@@H]3CC[C@@H](C3)[C@H]2C(=O)N(C)c2ccc(F)cc2)n1. The largest absolute Gasteiger partial charge is 0.481 e. The van der Waals surface area contributed by atoms with Crippen LogP contribution in [0.1, 0.15) is 24.8 Å². The van der Waals surface area contributed by atoms with E-state index in [1.54, 1.807) is 11.9 Å². The number of pyridine rings is 1. The molecule has 0 N–H and O–H groups in total. The Labute approximate surface area is 171 Å². The van der Waals surface area contributed by atoms with Crippen LogP contribution in [0.15, 0.2) is 36.4 Å². The van der Waals surface area contributed by atoms with Crippen molar-refractivity contribution in [2.75, 3.05) is 24.0 Å². The molecule has 2 fully saturated rings. The van der Waals surface area contributed by atoms with Gasteiger partial charge in [-0.1, -0.05) is 0 Å². The molecule has 1 aromatic carbocycles. The van der Waals surface area contributed by atoms with Crippen LogP contribution in [0.5, 0.6) is 5.88 Å². The number of amides is 1. The Balaban J connectivity index is 1.70. The van der Waals surface area contributed by atoms with Crippen LogP contribution in [0.3, 0.4) is 0 Å². The first-order valence-corrected chi connectivity index (χ1v) is 9.64. The number of anilines is 2. The number of rotatable bonds is 4. The van der Waals surface area contributed by atoms with Crippen LogP contribution in [0.2, 0.25) is 0 Å². The van der Waals surface area contributed by atoms with Crippen LogP contribution in [0.25, 0.3) is 0 Å². The number of piperidine rings is 1. The van der Waals surface area contributed by atoms with Crippen molar-refractivity contribution in [3.8, 4) is 5.88 Å². The third-order valence-electron chi connectivity index (χ3n) is 5.97. The van der Waals surface area contributed by atoms with Crippen LogP contribution in [0.4, 0.5) is 29.1 Å². The molecular formula is C21H21F4N3O2. The number of ether oxygens (including phenoxy) is 1. The standard InChI is InChI=1S/C21H21F4N3O2/c1-27(15-7-4-14(22)5-8-15)20(29)19-12-3-6-16(9-12)28(19)17-10-13(21(23,24)25)11-18(26-17)30-2/h4-5,7-8,10-12,16,19H,3,6,9H2,1-2H3/t12-,16+,19-/m0/s1. The molecule has 2 heterocycles. The van der Waals surface area contributed by atoms with Gasteiger partial charge in [-0.25, -0.2) is 4.39 Å². The Bertz CT molecular complexity index is 948. The smallest absolute Gasteiger partial charge is 0.416 e. The van der Waals surface area contributed by atoms with Gasteiger partial charge in [0.15, 0.2) is 0 Å². The first-order chi connectivity index (χ1) is 14.2. The quantitative estimate of drug-likeness (QED) is 0.690. The maximum absolute atomic E-state index is 13.4. The van der Waals surface area contributed by atoms with Gasteiger partial charge in [-0.3, -0.25) is 4.79 Å². The van der Waals surface area contributed by atoms with E-state index in [-0.39, 0.29) is 29.6 Å². The number of nitrogens with zero attached hydrogens (tertiary/aromatic N) is 3. The highest BCUT2D eigenvalue weighted by molar-refractivity contribution is 5.99. The molecule has 1 aromatic heterocycles. The van der Waals surface area contributed by atoms with E-state index in [4.69, 9.17) is 4.74 Å². The van der Waals surface area contributed by atoms with Gasteiger partial charge in [0.05, 0.1) is 12.7 Å². The van der Waals surface area contributed by atoms with Gasteiger partial charge in [0.2, 0.25) is 11.8 Å². The highest BCUT2D eigenvalue weighted by atomic mass is 19.4. The second kappa shape index (κ2) is 7.45. The van der Waals surface area contributed by atoms with E-state index in [2.05, 4.69) is 4.98 Å². The number of benzene rings is 1. The van der Waals surface area contributed by atoms with Gasteiger partial charge in [0.1, 0.15) is 17.7 Å². The first-order valence-electron chi connectivity index (χ1n) is 9.64. The lowest BCUT2D eigenvalue weighted by Gasteiger charge is -2.37. The predicted octanol–water partition coefficient (Wildman–Crippen LogP) is 4.27. The van der Waals surface area contributed by atoms with E-state index in [1.807, 2.05) is 0 Å². The molecular weight excluding hydrogens is 402 g/mol. The molecule has 5 nitrogen and oxygen atoms in total. The summed E-state index contributed by atoms with van der Waals surface area (Å²) in [5.41, 5.74) is -0.357. The maximum Gasteiger partial charge on any atom is 0.416 e. The molecule has 0 spiro atoms. The summed E-state index contributed by atoms with van der Waals surface area (Å²) in [7, 11) is 2.84. The van der Waals surface area contributed by atoms with E-state index in [1.165, 1.54) is 36.3 Å². The van der Waals surface area contributed by atoms with Crippen LogP contribution >= 0.6 is 0 Å². The number of halogens is 4. The highest BCUT2D eigenvalue weighted by Crippen LogP contribution is 2.46. The minimum Gasteiger partial charge on any atom is -0.481 e. The maximum atomic E-state index is 13.4. The molecule has 30 heavy (non-hydrogen) atoms. The molecule has 2 aromatic rings. The van der Waals surface area contributed by atoms with Crippen molar-refractivity contribution >= 4 is 17.4 Å². The Morgan fingerprint density at radius 2 is 1.90 bits per heavy atom. The van der Waals surface area contributed by atoms with Gasteiger partial charge in [-0.2, -0.15) is 18.2 Å². The van der Waals surface area contributed by atoms with E-state index in [0.717, 1.165) is 25.0 Å². The van der Waals surface area contributed by atoms with Gasteiger partial charge in [-0.15, -0.1) is 0 Å². The fourth-order valence-electron chi connectivity index (χ4n) is 4.52. The molecule has 1 aliphatic heterocycles. The second-order valence-corrected chi connectivity index (χ2v) is 7.71. The van der Waals surface area contributed by atoms with Crippen LogP contribution < -0.4 is 14.5 Å². The molecule has 160 valence electrons. The molecule has 9 heteroatoms. The number of fused-ring (bicyclic) bond motifs is 2. The van der Waals surface area contributed by atoms with Gasteiger partial charge in [0, 0.05) is 24.8 Å². The lowest BCUT2D eigenvalue weighted by molar-refractivity contribution is -0.137. The second-order valence-electron chi connectivity index (χ2n) is 7.71. The van der Waals surface area contributed by atoms with Gasteiger partial charge < -0.3 is 14.5 Å². The molecule has 1 amide bonds. The third kappa shape index (κ3) is 3.57. The first kappa shape index (κ1) is 20.4. The number of hydrogen-bond acceptors (Lipinski definition) is 4. The van der Waals surface area contributed by atoms with Crippen molar-refractivity contribution in [1.29, 1.82) is 0 Å². The Morgan fingerprint density at radius 3 is 2.53 bits per heavy atom. The molecule has 1 saturated heterocycles. The Kier molecular flexibility index (Phi) is 5.07. The van der Waals surface area contributed by atoms with Gasteiger partial charge >= 0.3 is 6.18 Å². The van der Waals surface area contributed by atoms with Crippen LogP contribution in [0, 0.1) is 11.7 Å². The zero-order valence-corrected chi connectivity index (χ0v) is 16.5. The van der Waals surface area contributed by atoms with E-state index < -0.39 is 23.6 Å². The number of methoxy groups -OCH3 is 1. The van der Waals surface area contributed by atoms with E-state index >= 15 is 0 Å². The fourth-order valence-corrected chi connectivity index (χ4v) is 4.52. The number of alkyl halides is 3. The van der Waals surface area contributed by atoms with Crippen molar-refractivity contribution < 1.29 is 27.1 Å². The summed E-state index contributed by atoms with van der Waals surface area (Å²) < 4.78 is 58.4. The molecule has 1 aliphatic carbocycles. The van der Waals surface area contributed by atoms with Crippen molar-refractivity contribution in [3.63, 3.8) is 0 Å². The van der Waals surface area contributed by atoms with Crippen molar-refractivity contribution in [2.45, 2.75) is 37.5 Å². The highest BCUT2D eigenvalue weighted by Gasteiger charge is 2.51. The number of aromatic nitrogens is 1. The number of hydrogen-bond donors (Lipinski definition) is 0. The summed E-state index contributed by atoms with van der Waals surface area (Å²) in [6, 6.07) is 6.63. The van der Waals surface area contributed by atoms with Gasteiger partial charge in [0.25, 0.3) is 0 Å². The van der Waals surface area contributed by atoms with Crippen LogP contribution in [-0.2, 0) is 11.0 Å². The summed E-state index contributed by atoms with van der Waals surface area (Å²) in [6.45, 7) is 0. The van der Waals surface area contributed by atoms with Crippen molar-refractivity contribution in [1.82, 2.24) is 4.98 Å². The summed E-state index contributed by atoms with van der Waals surface area (Å²) >= 11 is 0. The normalized spacial score (nSPS) is 23.0. The molecule has 1 saturated carbocycles. The van der Waals surface area contributed by atoms with Gasteiger partial charge in [-0.05, 0) is 55.5 Å². The Morgan fingerprint density at radius 1 is 1.20 bits per heavy atom. The summed E-state index contributed by atoms with van der Waals surface area (Å²) in [5, 5.41) is 0. The topological polar surface area (TPSA) is 45.7 Å². The monoisotopic (exact) mass is 423 g/mol. The lowest BCUT2D eigenvalue weighted by atomic mass is 9.97. The molecule has 2 aliphatic rings. The molecule has 2 bridgehead atoms. The molecule has 0 radical (unpaired) electrons. The summed E-state index contributed by atoms with van der Waals surface area (Å²) in [5.74, 6) is -0.721. The molecule has 0 unspecified atom stereocenters. The molecule has 3 atom stereocenters. The number of likely N-dealkylation sites (N-methyl/N-ethyl adjacent to an activating group) is 1. The minimum absolute atomic E-state index is 0.0211. The fraction of sp³-hybridized carbons (Fsp3) is 0.429. The van der Waals surface area contributed by atoms with Crippen molar-refractivity contribution in [3.05, 3.63) is 47.8 Å². The zero-order chi connectivity index (χ0) is 21.6. The summed E-state index contributed by atoms with van der Waals surface area (Å²) in [4.78, 5) is 20.7. The van der Waals surface area contributed by atoms with Crippen molar-refractivity contribution in [2.24, 2.45) is 5.92 Å². The lowest BCUT2D eigenvalue weighted by Crippen LogP contribution is -2.51. The number of carbonyl (C=O) groups is 1. The zero-order valence-electron chi connectivity index (χ0n) is 16.5. The average Bonchev–Trinajstić information content (AvgIpc) is 3.34. The van der Waals surface area contributed by atoms with Crippen LogP contribution in [-0.4, -0.2) is 37.1 Å². The van der Waals surface area contributed by atoms with E-state index in [9.17, 15) is 22.4 Å². The molecule has 4 rings (SSSR count). The Hall–Kier alpha value is -2.84. The van der Waals surface area contributed by atoms with E-state index in [0.29, 0.717) is 12.1 Å². The minimum atomic E-state index is -4.56. The third-order valence-corrected chi connectivity index (χ3v) is 5.97. The summed E-state index contributed by atoms with van der Waals surface area (Å²) in [6.07, 6.45) is -2.23. The average molecular weight is 423 g/mol. The number of carbonyl (C=O) groups excluding carboxylic acids is 1.